The highest BCUT2D eigenvalue weighted by atomic mass is 14.5. The van der Waals surface area contributed by atoms with Crippen LogP contribution in [0.2, 0.25) is 0 Å². The Hall–Kier alpha value is 0. The van der Waals surface area contributed by atoms with Crippen molar-refractivity contribution in [3.05, 3.63) is 0 Å². The van der Waals surface area contributed by atoms with E-state index in [4.69, 9.17) is 0 Å². The Balaban J connectivity index is 5.01. The lowest BCUT2D eigenvalue weighted by atomic mass is 9.52. The quantitative estimate of drug-likeness (QED) is 0.517. The second kappa shape index (κ2) is 5.56. The van der Waals surface area contributed by atoms with Gasteiger partial charge in [-0.1, -0.05) is 74.7 Å². The van der Waals surface area contributed by atoms with Crippen LogP contribution in [0, 0.1) is 16.2 Å². The summed E-state index contributed by atoms with van der Waals surface area (Å²) in [5.74, 6) is 0. The molecular formula is C16H34. The van der Waals surface area contributed by atoms with Crippen LogP contribution in [0.15, 0.2) is 0 Å². The Morgan fingerprint density at radius 3 is 1.50 bits per heavy atom. The minimum Gasteiger partial charge on any atom is -0.0654 e. The summed E-state index contributed by atoms with van der Waals surface area (Å²) < 4.78 is 0. The number of hydrogen-bond acceptors (Lipinski definition) is 0. The van der Waals surface area contributed by atoms with E-state index in [9.17, 15) is 0 Å². The van der Waals surface area contributed by atoms with E-state index in [1.54, 1.807) is 0 Å². The average Bonchev–Trinajstić information content (AvgIpc) is 2.13. The molecule has 0 aliphatic carbocycles. The summed E-state index contributed by atoms with van der Waals surface area (Å²) in [7, 11) is 0. The minimum absolute atomic E-state index is 0.380. The minimum atomic E-state index is 0.380. The topological polar surface area (TPSA) is 0 Å². The molecule has 0 amide bonds. The normalized spacial score (nSPS) is 17.2. The molecule has 0 saturated carbocycles. The fourth-order valence-electron chi connectivity index (χ4n) is 2.77. The molecule has 0 bridgehead atoms. The van der Waals surface area contributed by atoms with Crippen LogP contribution in [0.25, 0.3) is 0 Å². The van der Waals surface area contributed by atoms with Gasteiger partial charge in [0.1, 0.15) is 0 Å². The Morgan fingerprint density at radius 2 is 1.19 bits per heavy atom. The first-order chi connectivity index (χ1) is 7.12. The van der Waals surface area contributed by atoms with Crippen LogP contribution in [-0.2, 0) is 0 Å². The Kier molecular flexibility index (Phi) is 5.56. The lowest BCUT2D eigenvalue weighted by Crippen LogP contribution is -2.44. The maximum Gasteiger partial charge on any atom is -0.0252 e. The van der Waals surface area contributed by atoms with Crippen molar-refractivity contribution in [3.8, 4) is 0 Å². The van der Waals surface area contributed by atoms with Crippen molar-refractivity contribution in [1.82, 2.24) is 0 Å². The fraction of sp³-hybridized carbons (Fsp3) is 1.00. The molecule has 0 nitrogen and oxygen atoms in total. The van der Waals surface area contributed by atoms with Crippen molar-refractivity contribution in [2.24, 2.45) is 16.2 Å². The molecule has 98 valence electrons. The highest BCUT2D eigenvalue weighted by Gasteiger charge is 2.46. The third-order valence-electron chi connectivity index (χ3n) is 5.27. The highest BCUT2D eigenvalue weighted by Crippen LogP contribution is 2.55. The van der Waals surface area contributed by atoms with Crippen molar-refractivity contribution in [2.45, 2.75) is 87.5 Å². The van der Waals surface area contributed by atoms with Crippen molar-refractivity contribution < 1.29 is 0 Å². The first kappa shape index (κ1) is 16.0. The van der Waals surface area contributed by atoms with Gasteiger partial charge in [0.15, 0.2) is 0 Å². The van der Waals surface area contributed by atoms with Gasteiger partial charge in [-0.25, -0.2) is 0 Å². The zero-order valence-electron chi connectivity index (χ0n) is 13.0. The van der Waals surface area contributed by atoms with Crippen LogP contribution in [0.3, 0.4) is 0 Å². The summed E-state index contributed by atoms with van der Waals surface area (Å²) >= 11 is 0. The molecule has 0 fully saturated rings. The number of rotatable bonds is 6. The van der Waals surface area contributed by atoms with Gasteiger partial charge in [-0.05, 0) is 29.1 Å². The molecule has 0 spiro atoms. The fourth-order valence-corrected chi connectivity index (χ4v) is 2.77. The molecule has 0 N–H and O–H groups in total. The van der Waals surface area contributed by atoms with Crippen LogP contribution in [0.5, 0.6) is 0 Å². The maximum absolute atomic E-state index is 2.51. The smallest absolute Gasteiger partial charge is 0.0252 e. The van der Waals surface area contributed by atoms with Crippen molar-refractivity contribution in [3.63, 3.8) is 0 Å². The van der Waals surface area contributed by atoms with Crippen LogP contribution in [0.1, 0.15) is 87.5 Å². The van der Waals surface area contributed by atoms with E-state index in [1.807, 2.05) is 0 Å². The lowest BCUT2D eigenvalue weighted by molar-refractivity contribution is -0.0343. The lowest BCUT2D eigenvalue weighted by Gasteiger charge is -2.53. The van der Waals surface area contributed by atoms with Crippen molar-refractivity contribution in [2.75, 3.05) is 0 Å². The van der Waals surface area contributed by atoms with Gasteiger partial charge in [0, 0.05) is 0 Å². The molecule has 0 rings (SSSR count). The standard InChI is InChI=1S/C16H34/c1-9-11-13-16(8,12-10-2)15(6,7)14(3,4)5/h9-13H2,1-8H3. The Morgan fingerprint density at radius 1 is 0.688 bits per heavy atom. The van der Waals surface area contributed by atoms with Crippen LogP contribution < -0.4 is 0 Å². The van der Waals surface area contributed by atoms with Crippen molar-refractivity contribution in [1.29, 1.82) is 0 Å². The molecule has 16 heavy (non-hydrogen) atoms. The molecule has 0 aliphatic heterocycles. The third kappa shape index (κ3) is 3.25. The SMILES string of the molecule is CCCCC(C)(CCC)C(C)(C)C(C)(C)C. The van der Waals surface area contributed by atoms with Crippen molar-refractivity contribution >= 4 is 0 Å². The average molecular weight is 226 g/mol. The van der Waals surface area contributed by atoms with E-state index >= 15 is 0 Å². The highest BCUT2D eigenvalue weighted by molar-refractivity contribution is 4.96. The molecule has 0 heteroatoms. The third-order valence-corrected chi connectivity index (χ3v) is 5.27. The predicted molar refractivity (Wildman–Crippen MR) is 75.8 cm³/mol. The van der Waals surface area contributed by atoms with Crippen LogP contribution in [0.4, 0.5) is 0 Å². The van der Waals surface area contributed by atoms with Crippen LogP contribution >= 0.6 is 0 Å². The van der Waals surface area contributed by atoms with Gasteiger partial charge < -0.3 is 0 Å². The summed E-state index contributed by atoms with van der Waals surface area (Å²) in [5, 5.41) is 0. The van der Waals surface area contributed by atoms with Gasteiger partial charge >= 0.3 is 0 Å². The summed E-state index contributed by atoms with van der Waals surface area (Å²) in [5.41, 5.74) is 1.26. The van der Waals surface area contributed by atoms with E-state index < -0.39 is 0 Å². The Bertz CT molecular complexity index is 195. The monoisotopic (exact) mass is 226 g/mol. The number of hydrogen-bond donors (Lipinski definition) is 0. The second-order valence-electron chi connectivity index (χ2n) is 7.29. The van der Waals surface area contributed by atoms with E-state index in [0.717, 1.165) is 0 Å². The zero-order chi connectivity index (χ0) is 13.0. The summed E-state index contributed by atoms with van der Waals surface area (Å²) in [6, 6.07) is 0. The predicted octanol–water partition coefficient (Wildman–Crippen LogP) is 6.06. The molecule has 0 aromatic carbocycles. The van der Waals surface area contributed by atoms with Gasteiger partial charge in [-0.2, -0.15) is 0 Å². The molecule has 0 radical (unpaired) electrons. The summed E-state index contributed by atoms with van der Waals surface area (Å²) in [6.07, 6.45) is 6.73. The number of unbranched alkanes of at least 4 members (excludes halogenated alkanes) is 1. The summed E-state index contributed by atoms with van der Waals surface area (Å²) in [4.78, 5) is 0. The molecule has 1 atom stereocenters. The largest absolute Gasteiger partial charge is 0.0654 e. The van der Waals surface area contributed by atoms with Gasteiger partial charge in [0.2, 0.25) is 0 Å². The summed E-state index contributed by atoms with van der Waals surface area (Å²) in [6.45, 7) is 19.3. The van der Waals surface area contributed by atoms with E-state index in [1.165, 1.54) is 32.1 Å². The zero-order valence-corrected chi connectivity index (χ0v) is 13.0. The second-order valence-corrected chi connectivity index (χ2v) is 7.29. The molecule has 0 aromatic heterocycles. The molecule has 0 aliphatic rings. The maximum atomic E-state index is 2.51. The van der Waals surface area contributed by atoms with E-state index in [0.29, 0.717) is 16.2 Å². The van der Waals surface area contributed by atoms with Crippen LogP contribution in [-0.4, -0.2) is 0 Å². The Labute approximate surface area is 104 Å². The van der Waals surface area contributed by atoms with E-state index in [2.05, 4.69) is 55.4 Å². The van der Waals surface area contributed by atoms with Gasteiger partial charge in [-0.15, -0.1) is 0 Å². The molecular weight excluding hydrogens is 192 g/mol. The van der Waals surface area contributed by atoms with E-state index in [-0.39, 0.29) is 0 Å². The molecule has 0 saturated heterocycles. The first-order valence-corrected chi connectivity index (χ1v) is 7.12. The van der Waals surface area contributed by atoms with Gasteiger partial charge in [0.25, 0.3) is 0 Å². The van der Waals surface area contributed by atoms with Gasteiger partial charge in [-0.3, -0.25) is 0 Å². The molecule has 0 aromatic rings. The first-order valence-electron chi connectivity index (χ1n) is 7.12. The molecule has 0 heterocycles. The molecule has 1 unspecified atom stereocenters. The van der Waals surface area contributed by atoms with Gasteiger partial charge in [0.05, 0.1) is 0 Å².